The molecule has 1 aromatic heterocycles. The lowest BCUT2D eigenvalue weighted by molar-refractivity contribution is 0.0603. The zero-order chi connectivity index (χ0) is 18.6. The Hall–Kier alpha value is -3.66. The number of hydrogen-bond donors (Lipinski definition) is 0. The van der Waals surface area contributed by atoms with Gasteiger partial charge in [0.25, 0.3) is 0 Å². The van der Waals surface area contributed by atoms with E-state index >= 15 is 0 Å². The lowest BCUT2D eigenvalue weighted by Crippen LogP contribution is -2.03. The minimum Gasteiger partial charge on any atom is -0.465 e. The number of esters is 1. The number of ether oxygens (including phenoxy) is 2. The highest BCUT2D eigenvalue weighted by Crippen LogP contribution is 2.28. The summed E-state index contributed by atoms with van der Waals surface area (Å²) in [5.41, 5.74) is 2.86. The molecule has 0 atom stereocenters. The molecule has 27 heavy (non-hydrogen) atoms. The van der Waals surface area contributed by atoms with Crippen molar-refractivity contribution in [1.29, 1.82) is 0 Å². The molecule has 3 aromatic carbocycles. The van der Waals surface area contributed by atoms with Crippen molar-refractivity contribution in [2.45, 2.75) is 0 Å². The molecule has 1 heterocycles. The maximum absolute atomic E-state index is 12.2. The van der Waals surface area contributed by atoms with E-state index in [2.05, 4.69) is 4.98 Å². The molecule has 0 spiro atoms. The lowest BCUT2D eigenvalue weighted by Gasteiger charge is -2.10. The standard InChI is InChI=1S/C23H17NO3/c1-26-23(25)20-15-22(24-21-10-6-5-9-19(20)21)16-11-13-18(14-12-16)27-17-7-3-2-4-8-17/h2-15H,1H3. The summed E-state index contributed by atoms with van der Waals surface area (Å²) in [6, 6.07) is 26.5. The molecule has 132 valence electrons. The van der Waals surface area contributed by atoms with E-state index in [4.69, 9.17) is 9.47 Å². The van der Waals surface area contributed by atoms with Crippen LogP contribution in [0.15, 0.2) is 84.9 Å². The van der Waals surface area contributed by atoms with E-state index in [9.17, 15) is 4.79 Å². The van der Waals surface area contributed by atoms with Gasteiger partial charge in [-0.25, -0.2) is 9.78 Å². The minimum atomic E-state index is -0.376. The number of rotatable bonds is 4. The van der Waals surface area contributed by atoms with Crippen LogP contribution in [0.3, 0.4) is 0 Å². The van der Waals surface area contributed by atoms with Crippen molar-refractivity contribution >= 4 is 16.9 Å². The summed E-state index contributed by atoms with van der Waals surface area (Å²) in [5, 5.41) is 0.775. The third-order valence-corrected chi connectivity index (χ3v) is 4.25. The third kappa shape index (κ3) is 3.51. The maximum Gasteiger partial charge on any atom is 0.338 e. The van der Waals surface area contributed by atoms with Crippen LogP contribution in [0.4, 0.5) is 0 Å². The van der Waals surface area contributed by atoms with Crippen LogP contribution in [0.1, 0.15) is 10.4 Å². The number of carbonyl (C=O) groups excluding carboxylic acids is 1. The molecule has 0 aliphatic carbocycles. The van der Waals surface area contributed by atoms with Gasteiger partial charge < -0.3 is 9.47 Å². The number of pyridine rings is 1. The Balaban J connectivity index is 1.70. The van der Waals surface area contributed by atoms with Crippen LogP contribution in [-0.4, -0.2) is 18.1 Å². The highest BCUT2D eigenvalue weighted by Gasteiger charge is 2.14. The van der Waals surface area contributed by atoms with Gasteiger partial charge in [-0.3, -0.25) is 0 Å². The highest BCUT2D eigenvalue weighted by molar-refractivity contribution is 6.04. The van der Waals surface area contributed by atoms with Gasteiger partial charge >= 0.3 is 5.97 Å². The number of methoxy groups -OCH3 is 1. The Morgan fingerprint density at radius 3 is 2.22 bits per heavy atom. The molecule has 0 N–H and O–H groups in total. The van der Waals surface area contributed by atoms with Crippen LogP contribution in [0.2, 0.25) is 0 Å². The van der Waals surface area contributed by atoms with Crippen LogP contribution in [-0.2, 0) is 4.74 Å². The quantitative estimate of drug-likeness (QED) is 0.455. The summed E-state index contributed by atoms with van der Waals surface area (Å²) in [5.74, 6) is 1.14. The van der Waals surface area contributed by atoms with E-state index in [0.29, 0.717) is 11.3 Å². The van der Waals surface area contributed by atoms with Crippen molar-refractivity contribution < 1.29 is 14.3 Å². The molecular weight excluding hydrogens is 338 g/mol. The minimum absolute atomic E-state index is 0.376. The molecule has 4 aromatic rings. The summed E-state index contributed by atoms with van der Waals surface area (Å²) in [6.45, 7) is 0. The number of aromatic nitrogens is 1. The molecule has 0 unspecified atom stereocenters. The summed E-state index contributed by atoms with van der Waals surface area (Å²) in [4.78, 5) is 16.9. The largest absolute Gasteiger partial charge is 0.465 e. The molecule has 0 aliphatic heterocycles. The number of para-hydroxylation sites is 2. The third-order valence-electron chi connectivity index (χ3n) is 4.25. The number of hydrogen-bond acceptors (Lipinski definition) is 4. The first-order valence-electron chi connectivity index (χ1n) is 8.56. The molecule has 4 rings (SSSR count). The van der Waals surface area contributed by atoms with Crippen LogP contribution < -0.4 is 4.74 Å². The molecule has 0 radical (unpaired) electrons. The number of benzene rings is 3. The number of nitrogens with zero attached hydrogens (tertiary/aromatic N) is 1. The van der Waals surface area contributed by atoms with Crippen molar-refractivity contribution in [2.24, 2.45) is 0 Å². The normalized spacial score (nSPS) is 10.6. The van der Waals surface area contributed by atoms with Crippen molar-refractivity contribution in [3.05, 3.63) is 90.5 Å². The van der Waals surface area contributed by atoms with Gasteiger partial charge in [0, 0.05) is 10.9 Å². The van der Waals surface area contributed by atoms with Crippen molar-refractivity contribution in [1.82, 2.24) is 4.98 Å². The zero-order valence-electron chi connectivity index (χ0n) is 14.8. The van der Waals surface area contributed by atoms with Gasteiger partial charge in [0.05, 0.1) is 23.9 Å². The molecular formula is C23H17NO3. The highest BCUT2D eigenvalue weighted by atomic mass is 16.5. The SMILES string of the molecule is COC(=O)c1cc(-c2ccc(Oc3ccccc3)cc2)nc2ccccc12. The lowest BCUT2D eigenvalue weighted by atomic mass is 10.0. The molecule has 0 saturated heterocycles. The molecule has 0 bridgehead atoms. The van der Waals surface area contributed by atoms with Crippen LogP contribution in [0.25, 0.3) is 22.2 Å². The summed E-state index contributed by atoms with van der Waals surface area (Å²) < 4.78 is 10.8. The fourth-order valence-electron chi connectivity index (χ4n) is 2.92. The second kappa shape index (κ2) is 7.30. The first-order chi connectivity index (χ1) is 13.2. The molecule has 0 saturated carbocycles. The Labute approximate surface area is 157 Å². The van der Waals surface area contributed by atoms with Crippen molar-refractivity contribution in [3.8, 4) is 22.8 Å². The second-order valence-corrected chi connectivity index (χ2v) is 6.00. The van der Waals surface area contributed by atoms with Crippen LogP contribution >= 0.6 is 0 Å². The Morgan fingerprint density at radius 2 is 1.48 bits per heavy atom. The van der Waals surface area contributed by atoms with E-state index in [-0.39, 0.29) is 5.97 Å². The van der Waals surface area contributed by atoms with Crippen molar-refractivity contribution in [2.75, 3.05) is 7.11 Å². The molecule has 0 aliphatic rings. The van der Waals surface area contributed by atoms with E-state index in [1.54, 1.807) is 6.07 Å². The predicted octanol–water partition coefficient (Wildman–Crippen LogP) is 5.48. The topological polar surface area (TPSA) is 48.4 Å². The van der Waals surface area contributed by atoms with E-state index in [0.717, 1.165) is 28.0 Å². The molecule has 4 nitrogen and oxygen atoms in total. The van der Waals surface area contributed by atoms with Gasteiger partial charge in [-0.15, -0.1) is 0 Å². The molecule has 0 amide bonds. The fraction of sp³-hybridized carbons (Fsp3) is 0.0435. The summed E-state index contributed by atoms with van der Waals surface area (Å²) in [6.07, 6.45) is 0. The average Bonchev–Trinajstić information content (AvgIpc) is 2.73. The van der Waals surface area contributed by atoms with Gasteiger partial charge in [-0.05, 0) is 48.5 Å². The number of fused-ring (bicyclic) bond motifs is 1. The van der Waals surface area contributed by atoms with Crippen LogP contribution in [0.5, 0.6) is 11.5 Å². The van der Waals surface area contributed by atoms with Gasteiger partial charge in [0.2, 0.25) is 0 Å². The van der Waals surface area contributed by atoms with Crippen molar-refractivity contribution in [3.63, 3.8) is 0 Å². The van der Waals surface area contributed by atoms with E-state index < -0.39 is 0 Å². The smallest absolute Gasteiger partial charge is 0.338 e. The molecule has 0 fully saturated rings. The summed E-state index contributed by atoms with van der Waals surface area (Å²) in [7, 11) is 1.38. The summed E-state index contributed by atoms with van der Waals surface area (Å²) >= 11 is 0. The maximum atomic E-state index is 12.2. The zero-order valence-corrected chi connectivity index (χ0v) is 14.8. The van der Waals surface area contributed by atoms with Gasteiger partial charge in [0.1, 0.15) is 11.5 Å². The van der Waals surface area contributed by atoms with E-state index in [1.807, 2.05) is 78.9 Å². The Kier molecular flexibility index (Phi) is 4.54. The Bertz CT molecular complexity index is 1090. The van der Waals surface area contributed by atoms with Crippen LogP contribution in [0, 0.1) is 0 Å². The predicted molar refractivity (Wildman–Crippen MR) is 105 cm³/mol. The first-order valence-corrected chi connectivity index (χ1v) is 8.56. The fourth-order valence-corrected chi connectivity index (χ4v) is 2.92. The molecule has 4 heteroatoms. The van der Waals surface area contributed by atoms with Gasteiger partial charge in [0.15, 0.2) is 0 Å². The first kappa shape index (κ1) is 16.8. The van der Waals surface area contributed by atoms with Gasteiger partial charge in [-0.1, -0.05) is 36.4 Å². The Morgan fingerprint density at radius 1 is 0.815 bits per heavy atom. The number of carbonyl (C=O) groups is 1. The van der Waals surface area contributed by atoms with Gasteiger partial charge in [-0.2, -0.15) is 0 Å². The average molecular weight is 355 g/mol. The van der Waals surface area contributed by atoms with E-state index in [1.165, 1.54) is 7.11 Å². The monoisotopic (exact) mass is 355 g/mol. The second-order valence-electron chi connectivity index (χ2n) is 6.00.